The van der Waals surface area contributed by atoms with E-state index in [0.717, 1.165) is 0 Å². The second kappa shape index (κ2) is 7.84. The molecule has 9 heteroatoms. The van der Waals surface area contributed by atoms with Crippen LogP contribution in [0.2, 0.25) is 0 Å². The van der Waals surface area contributed by atoms with Crippen molar-refractivity contribution < 1.29 is 34.2 Å². The minimum Gasteiger partial charge on any atom is -0.417 e. The monoisotopic (exact) mass is 341 g/mol. The summed E-state index contributed by atoms with van der Waals surface area (Å²) in [4.78, 5) is 33.8. The molecule has 0 aliphatic rings. The highest BCUT2D eigenvalue weighted by atomic mass is 16.7. The van der Waals surface area contributed by atoms with Crippen LogP contribution in [-0.4, -0.2) is 39.4 Å². The van der Waals surface area contributed by atoms with Crippen molar-refractivity contribution in [3.05, 3.63) is 46.0 Å². The van der Waals surface area contributed by atoms with Gasteiger partial charge >= 0.3 is 23.5 Å². The largest absolute Gasteiger partial charge is 0.458 e. The zero-order valence-corrected chi connectivity index (χ0v) is 13.3. The molecule has 0 radical (unpaired) electrons. The predicted molar refractivity (Wildman–Crippen MR) is 79.9 cm³/mol. The van der Waals surface area contributed by atoms with Gasteiger partial charge in [0, 0.05) is 18.4 Å². The quantitative estimate of drug-likeness (QED) is 0.305. The summed E-state index contributed by atoms with van der Waals surface area (Å²) in [5.41, 5.74) is -3.33. The van der Waals surface area contributed by atoms with Gasteiger partial charge in [-0.25, -0.2) is 0 Å². The third-order valence-electron chi connectivity index (χ3n) is 3.33. The zero-order valence-electron chi connectivity index (χ0n) is 13.3. The van der Waals surface area contributed by atoms with Gasteiger partial charge in [-0.3, -0.25) is 19.7 Å². The van der Waals surface area contributed by atoms with Crippen molar-refractivity contribution in [2.24, 2.45) is 0 Å². The third kappa shape index (κ3) is 3.52. The molecule has 0 heterocycles. The highest BCUT2D eigenvalue weighted by Crippen LogP contribution is 2.38. The third-order valence-corrected chi connectivity index (χ3v) is 3.33. The first-order valence-corrected chi connectivity index (χ1v) is 7.24. The Labute approximate surface area is 138 Å². The lowest BCUT2D eigenvalue weighted by Gasteiger charge is -2.36. The average molecular weight is 341 g/mol. The van der Waals surface area contributed by atoms with Gasteiger partial charge in [0.05, 0.1) is 4.92 Å². The van der Waals surface area contributed by atoms with E-state index >= 15 is 0 Å². The highest BCUT2D eigenvalue weighted by Gasteiger charge is 2.69. The zero-order chi connectivity index (χ0) is 18.4. The highest BCUT2D eigenvalue weighted by molar-refractivity contribution is 5.71. The number of carbonyl (C=O) groups is 2. The number of ether oxygens (including phenoxy) is 2. The van der Waals surface area contributed by atoms with Crippen LogP contribution in [0.25, 0.3) is 0 Å². The molecule has 24 heavy (non-hydrogen) atoms. The van der Waals surface area contributed by atoms with E-state index in [1.165, 1.54) is 38.1 Å². The number of nitro groups is 1. The van der Waals surface area contributed by atoms with Gasteiger partial charge in [0.25, 0.3) is 0 Å². The molecule has 0 saturated heterocycles. The molecule has 2 atom stereocenters. The summed E-state index contributed by atoms with van der Waals surface area (Å²) < 4.78 is 9.62. The fourth-order valence-corrected chi connectivity index (χ4v) is 1.95. The number of esters is 2. The molecule has 0 aromatic heterocycles. The fourth-order valence-electron chi connectivity index (χ4n) is 1.95. The number of nitrogens with zero attached hydrogens (tertiary/aromatic N) is 1. The minimum atomic E-state index is -3.10. The molecule has 0 spiro atoms. The van der Waals surface area contributed by atoms with Gasteiger partial charge in [0.15, 0.2) is 6.61 Å². The molecule has 0 aliphatic carbocycles. The first-order valence-electron chi connectivity index (χ1n) is 7.24. The van der Waals surface area contributed by atoms with E-state index in [4.69, 9.17) is 9.47 Å². The summed E-state index contributed by atoms with van der Waals surface area (Å²) in [6.45, 7) is 1.39. The van der Waals surface area contributed by atoms with Crippen LogP contribution in [0.5, 0.6) is 0 Å². The molecule has 0 bridgehead atoms. The lowest BCUT2D eigenvalue weighted by molar-refractivity contribution is -0.670. The molecule has 9 nitrogen and oxygen atoms in total. The number of aliphatic hydroxyl groups excluding tert-OH is 1. The Hall–Kier alpha value is -2.52. The Morgan fingerprint density at radius 3 is 2.04 bits per heavy atom. The van der Waals surface area contributed by atoms with Crippen molar-refractivity contribution in [1.29, 1.82) is 0 Å². The Balaban J connectivity index is 3.59. The van der Waals surface area contributed by atoms with E-state index < -0.39 is 35.0 Å². The van der Waals surface area contributed by atoms with Gasteiger partial charge in [-0.05, 0) is 0 Å². The van der Waals surface area contributed by atoms with Gasteiger partial charge < -0.3 is 19.7 Å². The number of hydrogen-bond acceptors (Lipinski definition) is 8. The fraction of sp³-hybridized carbons (Fsp3) is 0.467. The van der Waals surface area contributed by atoms with Gasteiger partial charge in [-0.15, -0.1) is 0 Å². The van der Waals surface area contributed by atoms with E-state index in [1.54, 1.807) is 6.07 Å². The van der Waals surface area contributed by atoms with Crippen LogP contribution >= 0.6 is 0 Å². The van der Waals surface area contributed by atoms with Crippen molar-refractivity contribution in [3.8, 4) is 0 Å². The molecular weight excluding hydrogens is 322 g/mol. The molecule has 0 fully saturated rings. The Kier molecular flexibility index (Phi) is 6.38. The second-order valence-corrected chi connectivity index (χ2v) is 4.86. The van der Waals surface area contributed by atoms with Gasteiger partial charge in [-0.2, -0.15) is 0 Å². The second-order valence-electron chi connectivity index (χ2n) is 4.86. The number of carbonyl (C=O) groups excluding carboxylic acids is 2. The van der Waals surface area contributed by atoms with Gasteiger partial charge in [0.1, 0.15) is 0 Å². The predicted octanol–water partition coefficient (Wildman–Crippen LogP) is 0.703. The van der Waals surface area contributed by atoms with Crippen molar-refractivity contribution in [2.45, 2.75) is 38.2 Å². The van der Waals surface area contributed by atoms with Crippen LogP contribution in [0.4, 0.5) is 0 Å². The molecule has 2 unspecified atom stereocenters. The SMILES string of the molecule is CCC(=O)OC(O)(c1ccccc1)C(CO)(OC(=O)CC)[N+](=O)[O-]. The standard InChI is InChI=1S/C15H19NO8/c1-3-12(18)23-14(10-17,16(21)22)15(20,24-13(19)4-2)11-8-6-5-7-9-11/h5-9,17,20H,3-4,10H2,1-2H3. The van der Waals surface area contributed by atoms with Crippen LogP contribution in [0.15, 0.2) is 30.3 Å². The van der Waals surface area contributed by atoms with E-state index in [9.17, 15) is 29.9 Å². The lowest BCUT2D eigenvalue weighted by Crippen LogP contribution is -2.64. The van der Waals surface area contributed by atoms with Crippen molar-refractivity contribution in [2.75, 3.05) is 6.61 Å². The van der Waals surface area contributed by atoms with Crippen LogP contribution < -0.4 is 0 Å². The normalized spacial score (nSPS) is 15.7. The van der Waals surface area contributed by atoms with Crippen LogP contribution in [0.3, 0.4) is 0 Å². The molecule has 132 valence electrons. The molecule has 0 amide bonds. The molecule has 0 saturated carbocycles. The van der Waals surface area contributed by atoms with E-state index in [1.807, 2.05) is 0 Å². The number of benzene rings is 1. The molecule has 1 aromatic rings. The first-order chi connectivity index (χ1) is 11.3. The summed E-state index contributed by atoms with van der Waals surface area (Å²) in [6, 6.07) is 6.93. The Bertz CT molecular complexity index is 605. The Morgan fingerprint density at radius 2 is 1.62 bits per heavy atom. The van der Waals surface area contributed by atoms with E-state index in [0.29, 0.717) is 0 Å². The maximum Gasteiger partial charge on any atom is 0.458 e. The van der Waals surface area contributed by atoms with Crippen molar-refractivity contribution in [1.82, 2.24) is 0 Å². The number of rotatable bonds is 8. The van der Waals surface area contributed by atoms with Crippen LogP contribution in [0.1, 0.15) is 32.3 Å². The van der Waals surface area contributed by atoms with Crippen molar-refractivity contribution in [3.63, 3.8) is 0 Å². The Morgan fingerprint density at radius 1 is 1.12 bits per heavy atom. The topological polar surface area (TPSA) is 136 Å². The summed E-state index contributed by atoms with van der Waals surface area (Å²) >= 11 is 0. The summed E-state index contributed by atoms with van der Waals surface area (Å²) in [5.74, 6) is -5.04. The maximum atomic E-state index is 11.7. The van der Waals surface area contributed by atoms with Gasteiger partial charge in [-0.1, -0.05) is 44.2 Å². The molecular formula is C15H19NO8. The molecule has 1 rings (SSSR count). The summed E-state index contributed by atoms with van der Waals surface area (Å²) in [7, 11) is 0. The van der Waals surface area contributed by atoms with Crippen LogP contribution in [0, 0.1) is 10.1 Å². The molecule has 2 N–H and O–H groups in total. The average Bonchev–Trinajstić information content (AvgIpc) is 2.59. The first kappa shape index (κ1) is 19.5. The van der Waals surface area contributed by atoms with Crippen molar-refractivity contribution >= 4 is 11.9 Å². The minimum absolute atomic E-state index is 0.198. The number of hydrogen-bond donors (Lipinski definition) is 2. The van der Waals surface area contributed by atoms with Crippen LogP contribution in [-0.2, 0) is 24.8 Å². The summed E-state index contributed by atoms with van der Waals surface area (Å²) in [6.07, 6.45) is -0.446. The summed E-state index contributed by atoms with van der Waals surface area (Å²) in [5, 5.41) is 32.1. The van der Waals surface area contributed by atoms with E-state index in [-0.39, 0.29) is 18.4 Å². The molecule has 1 aromatic carbocycles. The smallest absolute Gasteiger partial charge is 0.417 e. The number of aliphatic hydroxyl groups is 2. The maximum absolute atomic E-state index is 11.7. The molecule has 0 aliphatic heterocycles. The van der Waals surface area contributed by atoms with E-state index in [2.05, 4.69) is 0 Å². The lowest BCUT2D eigenvalue weighted by atomic mass is 9.94. The van der Waals surface area contributed by atoms with Gasteiger partial charge in [0.2, 0.25) is 0 Å².